The Morgan fingerprint density at radius 1 is 1.04 bits per heavy atom. The fourth-order valence-electron chi connectivity index (χ4n) is 2.60. The highest BCUT2D eigenvalue weighted by Gasteiger charge is 2.10. The number of halogens is 2. The topological polar surface area (TPSA) is 41.6 Å². The number of hydrogen-bond acceptors (Lipinski definition) is 3. The van der Waals surface area contributed by atoms with Crippen LogP contribution in [0.25, 0.3) is 6.08 Å². The summed E-state index contributed by atoms with van der Waals surface area (Å²) in [5, 5.41) is 3.90. The van der Waals surface area contributed by atoms with Crippen LogP contribution < -0.4 is 10.2 Å². The van der Waals surface area contributed by atoms with E-state index in [4.69, 9.17) is 27.9 Å². The Morgan fingerprint density at radius 3 is 2.32 bits per heavy atom. The summed E-state index contributed by atoms with van der Waals surface area (Å²) in [7, 11) is 0. The largest absolute Gasteiger partial charge is 0.378 e. The van der Waals surface area contributed by atoms with E-state index in [2.05, 4.69) is 10.2 Å². The number of anilines is 2. The molecule has 1 aliphatic heterocycles. The number of ether oxygens (including phenoxy) is 1. The van der Waals surface area contributed by atoms with Crippen molar-refractivity contribution >= 4 is 46.6 Å². The SMILES string of the molecule is O=C(/C=C/c1cc(Cl)cc(Cl)c1)Nc1ccc(N2CCOCC2)cc1. The number of rotatable bonds is 4. The Morgan fingerprint density at radius 2 is 1.68 bits per heavy atom. The molecule has 1 saturated heterocycles. The maximum atomic E-state index is 12.1. The van der Waals surface area contributed by atoms with Crippen LogP contribution in [0.2, 0.25) is 10.0 Å². The van der Waals surface area contributed by atoms with Gasteiger partial charge in [0.05, 0.1) is 13.2 Å². The van der Waals surface area contributed by atoms with E-state index in [-0.39, 0.29) is 5.91 Å². The Bertz CT molecular complexity index is 749. The zero-order chi connectivity index (χ0) is 17.6. The molecule has 1 heterocycles. The lowest BCUT2D eigenvalue weighted by atomic mass is 10.2. The number of morpholine rings is 1. The van der Waals surface area contributed by atoms with Gasteiger partial charge in [-0.1, -0.05) is 23.2 Å². The molecule has 0 radical (unpaired) electrons. The Kier molecular flexibility index (Phi) is 5.97. The minimum atomic E-state index is -0.213. The third-order valence-corrected chi connectivity index (χ3v) is 4.26. The first kappa shape index (κ1) is 17.8. The van der Waals surface area contributed by atoms with E-state index in [0.717, 1.165) is 43.2 Å². The van der Waals surface area contributed by atoms with Crippen LogP contribution in [0.3, 0.4) is 0 Å². The number of benzene rings is 2. The van der Waals surface area contributed by atoms with Gasteiger partial charge in [-0.15, -0.1) is 0 Å². The fraction of sp³-hybridized carbons (Fsp3) is 0.211. The first-order valence-corrected chi connectivity index (χ1v) is 8.74. The molecular formula is C19H18Cl2N2O2. The van der Waals surface area contributed by atoms with Gasteiger partial charge in [-0.3, -0.25) is 4.79 Å². The van der Waals surface area contributed by atoms with Gasteiger partial charge >= 0.3 is 0 Å². The van der Waals surface area contributed by atoms with Gasteiger partial charge in [-0.05, 0) is 54.1 Å². The van der Waals surface area contributed by atoms with Crippen LogP contribution in [0, 0.1) is 0 Å². The molecule has 0 atom stereocenters. The molecule has 0 bridgehead atoms. The van der Waals surface area contributed by atoms with Crippen molar-refractivity contribution in [2.75, 3.05) is 36.5 Å². The number of nitrogens with one attached hydrogen (secondary N) is 1. The van der Waals surface area contributed by atoms with Crippen molar-refractivity contribution in [3.8, 4) is 0 Å². The number of carbonyl (C=O) groups is 1. The highest BCUT2D eigenvalue weighted by atomic mass is 35.5. The number of hydrogen-bond donors (Lipinski definition) is 1. The summed E-state index contributed by atoms with van der Waals surface area (Å²) in [5.74, 6) is -0.213. The molecule has 1 amide bonds. The Balaban J connectivity index is 1.59. The third-order valence-electron chi connectivity index (χ3n) is 3.82. The molecule has 0 aromatic heterocycles. The maximum Gasteiger partial charge on any atom is 0.248 e. The normalized spacial score (nSPS) is 14.7. The van der Waals surface area contributed by atoms with Crippen molar-refractivity contribution in [1.29, 1.82) is 0 Å². The molecule has 0 aliphatic carbocycles. The molecule has 6 heteroatoms. The van der Waals surface area contributed by atoms with Gasteiger partial charge in [0.1, 0.15) is 0 Å². The third kappa shape index (κ3) is 5.23. The molecular weight excluding hydrogens is 359 g/mol. The van der Waals surface area contributed by atoms with Crippen LogP contribution >= 0.6 is 23.2 Å². The van der Waals surface area contributed by atoms with Crippen LogP contribution in [0.1, 0.15) is 5.56 Å². The van der Waals surface area contributed by atoms with Gasteiger partial charge in [-0.25, -0.2) is 0 Å². The lowest BCUT2D eigenvalue weighted by Gasteiger charge is -2.28. The molecule has 2 aromatic rings. The smallest absolute Gasteiger partial charge is 0.248 e. The quantitative estimate of drug-likeness (QED) is 0.799. The first-order valence-electron chi connectivity index (χ1n) is 7.98. The van der Waals surface area contributed by atoms with Crippen LogP contribution in [-0.4, -0.2) is 32.2 Å². The number of nitrogens with zero attached hydrogens (tertiary/aromatic N) is 1. The van der Waals surface area contributed by atoms with E-state index in [9.17, 15) is 4.79 Å². The summed E-state index contributed by atoms with van der Waals surface area (Å²) in [6, 6.07) is 12.9. The summed E-state index contributed by atoms with van der Waals surface area (Å²) >= 11 is 11.9. The molecule has 130 valence electrons. The van der Waals surface area contributed by atoms with Gasteiger partial charge < -0.3 is 15.0 Å². The van der Waals surface area contributed by atoms with Crippen molar-refractivity contribution < 1.29 is 9.53 Å². The van der Waals surface area contributed by atoms with E-state index in [1.54, 1.807) is 24.3 Å². The molecule has 1 fully saturated rings. The second-order valence-corrected chi connectivity index (χ2v) is 6.54. The number of carbonyl (C=O) groups excluding carboxylic acids is 1. The van der Waals surface area contributed by atoms with Crippen LogP contribution in [-0.2, 0) is 9.53 Å². The lowest BCUT2D eigenvalue weighted by molar-refractivity contribution is -0.111. The van der Waals surface area contributed by atoms with Crippen molar-refractivity contribution in [1.82, 2.24) is 0 Å². The summed E-state index contributed by atoms with van der Waals surface area (Å²) in [4.78, 5) is 14.3. The predicted octanol–water partition coefficient (Wildman–Crippen LogP) is 4.48. The van der Waals surface area contributed by atoms with Gasteiger partial charge in [-0.2, -0.15) is 0 Å². The molecule has 4 nitrogen and oxygen atoms in total. The monoisotopic (exact) mass is 376 g/mol. The van der Waals surface area contributed by atoms with Crippen LogP contribution in [0.4, 0.5) is 11.4 Å². The summed E-state index contributed by atoms with van der Waals surface area (Å²) in [6.07, 6.45) is 3.13. The number of amides is 1. The van der Waals surface area contributed by atoms with Gasteiger partial charge in [0, 0.05) is 40.6 Å². The van der Waals surface area contributed by atoms with Crippen molar-refractivity contribution in [2.24, 2.45) is 0 Å². The molecule has 1 N–H and O–H groups in total. The highest BCUT2D eigenvalue weighted by Crippen LogP contribution is 2.21. The van der Waals surface area contributed by atoms with E-state index in [0.29, 0.717) is 10.0 Å². The Hall–Kier alpha value is -2.01. The standard InChI is InChI=1S/C19H18Cl2N2O2/c20-15-11-14(12-16(21)13-15)1-6-19(24)22-17-2-4-18(5-3-17)23-7-9-25-10-8-23/h1-6,11-13H,7-10H2,(H,22,24)/b6-1+. The zero-order valence-corrected chi connectivity index (χ0v) is 15.1. The van der Waals surface area contributed by atoms with Crippen molar-refractivity contribution in [3.63, 3.8) is 0 Å². The van der Waals surface area contributed by atoms with E-state index < -0.39 is 0 Å². The molecule has 2 aromatic carbocycles. The molecule has 0 spiro atoms. The van der Waals surface area contributed by atoms with E-state index in [1.165, 1.54) is 6.08 Å². The van der Waals surface area contributed by atoms with Gasteiger partial charge in [0.2, 0.25) is 5.91 Å². The second-order valence-electron chi connectivity index (χ2n) is 5.67. The van der Waals surface area contributed by atoms with Crippen LogP contribution in [0.15, 0.2) is 48.5 Å². The summed E-state index contributed by atoms with van der Waals surface area (Å²) in [6.45, 7) is 3.26. The fourth-order valence-corrected chi connectivity index (χ4v) is 3.15. The highest BCUT2D eigenvalue weighted by molar-refractivity contribution is 6.34. The molecule has 25 heavy (non-hydrogen) atoms. The minimum Gasteiger partial charge on any atom is -0.378 e. The zero-order valence-electron chi connectivity index (χ0n) is 13.5. The second kappa shape index (κ2) is 8.39. The lowest BCUT2D eigenvalue weighted by Crippen LogP contribution is -2.36. The van der Waals surface area contributed by atoms with Crippen molar-refractivity contribution in [2.45, 2.75) is 0 Å². The van der Waals surface area contributed by atoms with E-state index in [1.807, 2.05) is 24.3 Å². The maximum absolute atomic E-state index is 12.1. The minimum absolute atomic E-state index is 0.213. The molecule has 0 unspecified atom stereocenters. The average Bonchev–Trinajstić information content (AvgIpc) is 2.61. The molecule has 0 saturated carbocycles. The first-order chi connectivity index (χ1) is 12.1. The molecule has 3 rings (SSSR count). The van der Waals surface area contributed by atoms with E-state index >= 15 is 0 Å². The predicted molar refractivity (Wildman–Crippen MR) is 104 cm³/mol. The van der Waals surface area contributed by atoms with Crippen LogP contribution in [0.5, 0.6) is 0 Å². The summed E-state index contributed by atoms with van der Waals surface area (Å²) < 4.78 is 5.35. The van der Waals surface area contributed by atoms with Crippen molar-refractivity contribution in [3.05, 3.63) is 64.1 Å². The Labute approximate surface area is 157 Å². The van der Waals surface area contributed by atoms with Gasteiger partial charge in [0.25, 0.3) is 0 Å². The average molecular weight is 377 g/mol. The summed E-state index contributed by atoms with van der Waals surface area (Å²) in [5.41, 5.74) is 2.65. The van der Waals surface area contributed by atoms with Gasteiger partial charge in [0.15, 0.2) is 0 Å². The molecule has 1 aliphatic rings.